The van der Waals surface area contributed by atoms with Crippen molar-refractivity contribution in [3.05, 3.63) is 65.7 Å². The fraction of sp³-hybridized carbons (Fsp3) is 0.462. The standard InChI is InChI=1S/C26H34N4O2/c31-25-12-7-15-30(25)24-11-6-10-23(20-24)26(32)27-13-4-5-14-28-16-18-29(19-17-28)21-22-8-2-1-3-9-22/h1-3,6,8-11,20H,4-5,7,12-19,21H2,(H,27,32). The van der Waals surface area contributed by atoms with Crippen LogP contribution in [0.2, 0.25) is 0 Å². The van der Waals surface area contributed by atoms with E-state index in [1.807, 2.05) is 24.3 Å². The molecule has 170 valence electrons. The van der Waals surface area contributed by atoms with Gasteiger partial charge in [-0.2, -0.15) is 0 Å². The molecule has 0 aliphatic carbocycles. The molecule has 0 bridgehead atoms. The summed E-state index contributed by atoms with van der Waals surface area (Å²) in [6.07, 6.45) is 3.54. The Hall–Kier alpha value is -2.70. The summed E-state index contributed by atoms with van der Waals surface area (Å²) in [4.78, 5) is 31.3. The molecule has 2 fully saturated rings. The zero-order valence-corrected chi connectivity index (χ0v) is 18.8. The Balaban J connectivity index is 1.11. The second kappa shape index (κ2) is 11.2. The molecule has 32 heavy (non-hydrogen) atoms. The highest BCUT2D eigenvalue weighted by molar-refractivity contribution is 5.99. The number of nitrogens with one attached hydrogen (secondary N) is 1. The SMILES string of the molecule is O=C(NCCCCN1CCN(Cc2ccccc2)CC1)c1cccc(N2CCCC2=O)c1. The van der Waals surface area contributed by atoms with E-state index in [0.717, 1.165) is 70.8 Å². The van der Waals surface area contributed by atoms with Crippen LogP contribution in [0.1, 0.15) is 41.6 Å². The Kier molecular flexibility index (Phi) is 7.91. The van der Waals surface area contributed by atoms with Crippen LogP contribution in [0.25, 0.3) is 0 Å². The fourth-order valence-corrected chi connectivity index (χ4v) is 4.51. The van der Waals surface area contributed by atoms with E-state index in [1.54, 1.807) is 4.90 Å². The van der Waals surface area contributed by atoms with Gasteiger partial charge in [0.2, 0.25) is 5.91 Å². The predicted molar refractivity (Wildman–Crippen MR) is 128 cm³/mol. The quantitative estimate of drug-likeness (QED) is 0.616. The van der Waals surface area contributed by atoms with Crippen LogP contribution >= 0.6 is 0 Å². The molecule has 6 nitrogen and oxygen atoms in total. The molecule has 0 saturated carbocycles. The number of piperazine rings is 1. The molecule has 2 heterocycles. The summed E-state index contributed by atoms with van der Waals surface area (Å²) in [6, 6.07) is 18.1. The molecule has 2 aromatic rings. The van der Waals surface area contributed by atoms with Crippen LogP contribution in [0.4, 0.5) is 5.69 Å². The number of unbranched alkanes of at least 4 members (excludes halogenated alkanes) is 1. The number of hydrogen-bond donors (Lipinski definition) is 1. The van der Waals surface area contributed by atoms with Gasteiger partial charge in [0, 0.05) is 63.5 Å². The molecule has 4 rings (SSSR count). The second-order valence-corrected chi connectivity index (χ2v) is 8.77. The summed E-state index contributed by atoms with van der Waals surface area (Å²) in [7, 11) is 0. The monoisotopic (exact) mass is 434 g/mol. The minimum Gasteiger partial charge on any atom is -0.352 e. The molecule has 2 aliphatic heterocycles. The number of nitrogens with zero attached hydrogens (tertiary/aromatic N) is 3. The van der Waals surface area contributed by atoms with E-state index in [2.05, 4.69) is 45.4 Å². The van der Waals surface area contributed by atoms with Crippen molar-refractivity contribution in [1.29, 1.82) is 0 Å². The van der Waals surface area contributed by atoms with Crippen molar-refractivity contribution in [3.63, 3.8) is 0 Å². The van der Waals surface area contributed by atoms with Gasteiger partial charge in [-0.1, -0.05) is 36.4 Å². The predicted octanol–water partition coefficient (Wildman–Crippen LogP) is 3.14. The average molecular weight is 435 g/mol. The van der Waals surface area contributed by atoms with Gasteiger partial charge < -0.3 is 15.1 Å². The van der Waals surface area contributed by atoms with Gasteiger partial charge in [-0.3, -0.25) is 14.5 Å². The molecule has 0 aromatic heterocycles. The molecule has 0 unspecified atom stereocenters. The highest BCUT2D eigenvalue weighted by Crippen LogP contribution is 2.22. The maximum Gasteiger partial charge on any atom is 0.251 e. The highest BCUT2D eigenvalue weighted by Gasteiger charge is 2.22. The van der Waals surface area contributed by atoms with Crippen molar-refractivity contribution in [1.82, 2.24) is 15.1 Å². The van der Waals surface area contributed by atoms with Crippen LogP contribution in [0.5, 0.6) is 0 Å². The summed E-state index contributed by atoms with van der Waals surface area (Å²) in [6.45, 7) is 7.99. The van der Waals surface area contributed by atoms with E-state index in [-0.39, 0.29) is 11.8 Å². The Morgan fingerprint density at radius 2 is 1.66 bits per heavy atom. The van der Waals surface area contributed by atoms with E-state index in [9.17, 15) is 9.59 Å². The Labute approximate surface area is 191 Å². The minimum absolute atomic E-state index is 0.0620. The smallest absolute Gasteiger partial charge is 0.251 e. The van der Waals surface area contributed by atoms with Gasteiger partial charge in [-0.25, -0.2) is 0 Å². The number of anilines is 1. The van der Waals surface area contributed by atoms with Crippen LogP contribution in [0.15, 0.2) is 54.6 Å². The number of carbonyl (C=O) groups is 2. The highest BCUT2D eigenvalue weighted by atomic mass is 16.2. The Bertz CT molecular complexity index is 894. The van der Waals surface area contributed by atoms with Crippen molar-refractivity contribution >= 4 is 17.5 Å². The van der Waals surface area contributed by atoms with Crippen molar-refractivity contribution in [2.75, 3.05) is 50.7 Å². The first-order chi connectivity index (χ1) is 15.7. The summed E-state index contributed by atoms with van der Waals surface area (Å²) >= 11 is 0. The number of carbonyl (C=O) groups excluding carboxylic acids is 2. The van der Waals surface area contributed by atoms with Crippen molar-refractivity contribution in [3.8, 4) is 0 Å². The summed E-state index contributed by atoms with van der Waals surface area (Å²) in [5.74, 6) is 0.0801. The summed E-state index contributed by atoms with van der Waals surface area (Å²) in [5, 5.41) is 3.03. The van der Waals surface area contributed by atoms with E-state index < -0.39 is 0 Å². The number of rotatable bonds is 9. The third kappa shape index (κ3) is 6.17. The van der Waals surface area contributed by atoms with E-state index in [4.69, 9.17) is 0 Å². The third-order valence-electron chi connectivity index (χ3n) is 6.39. The fourth-order valence-electron chi connectivity index (χ4n) is 4.51. The maximum absolute atomic E-state index is 12.5. The molecule has 2 aliphatic rings. The van der Waals surface area contributed by atoms with Crippen LogP contribution in [0.3, 0.4) is 0 Å². The molecule has 0 radical (unpaired) electrons. The first-order valence-corrected chi connectivity index (χ1v) is 11.9. The van der Waals surface area contributed by atoms with Gasteiger partial charge in [-0.15, -0.1) is 0 Å². The van der Waals surface area contributed by atoms with E-state index in [0.29, 0.717) is 18.5 Å². The minimum atomic E-state index is -0.0620. The maximum atomic E-state index is 12.5. The lowest BCUT2D eigenvalue weighted by Gasteiger charge is -2.34. The summed E-state index contributed by atoms with van der Waals surface area (Å²) in [5.41, 5.74) is 2.83. The van der Waals surface area contributed by atoms with Gasteiger partial charge in [-0.05, 0) is 49.6 Å². The Morgan fingerprint density at radius 3 is 2.41 bits per heavy atom. The lowest BCUT2D eigenvalue weighted by molar-refractivity contribution is -0.117. The van der Waals surface area contributed by atoms with Gasteiger partial charge in [0.05, 0.1) is 0 Å². The van der Waals surface area contributed by atoms with Gasteiger partial charge in [0.15, 0.2) is 0 Å². The lowest BCUT2D eigenvalue weighted by Crippen LogP contribution is -2.46. The zero-order valence-electron chi connectivity index (χ0n) is 18.8. The first-order valence-electron chi connectivity index (χ1n) is 11.9. The summed E-state index contributed by atoms with van der Waals surface area (Å²) < 4.78 is 0. The molecule has 2 aromatic carbocycles. The zero-order chi connectivity index (χ0) is 22.2. The van der Waals surface area contributed by atoms with Gasteiger partial charge >= 0.3 is 0 Å². The molecule has 2 saturated heterocycles. The average Bonchev–Trinajstić information content (AvgIpc) is 3.26. The normalized spacial score (nSPS) is 17.6. The van der Waals surface area contributed by atoms with Crippen LogP contribution < -0.4 is 10.2 Å². The van der Waals surface area contributed by atoms with Gasteiger partial charge in [0.25, 0.3) is 5.91 Å². The van der Waals surface area contributed by atoms with E-state index in [1.165, 1.54) is 5.56 Å². The van der Waals surface area contributed by atoms with Crippen LogP contribution in [-0.2, 0) is 11.3 Å². The third-order valence-corrected chi connectivity index (χ3v) is 6.39. The van der Waals surface area contributed by atoms with Gasteiger partial charge in [0.1, 0.15) is 0 Å². The largest absolute Gasteiger partial charge is 0.352 e. The topological polar surface area (TPSA) is 55.9 Å². The van der Waals surface area contributed by atoms with Crippen LogP contribution in [0, 0.1) is 0 Å². The molecular weight excluding hydrogens is 400 g/mol. The molecule has 1 N–H and O–H groups in total. The molecule has 0 atom stereocenters. The first kappa shape index (κ1) is 22.5. The van der Waals surface area contributed by atoms with Crippen molar-refractivity contribution < 1.29 is 9.59 Å². The number of benzene rings is 2. The number of hydrogen-bond acceptors (Lipinski definition) is 4. The molecule has 2 amide bonds. The Morgan fingerprint density at radius 1 is 0.875 bits per heavy atom. The molecule has 6 heteroatoms. The van der Waals surface area contributed by atoms with E-state index >= 15 is 0 Å². The molecular formula is C26H34N4O2. The number of amides is 2. The molecule has 0 spiro atoms. The second-order valence-electron chi connectivity index (χ2n) is 8.77. The lowest BCUT2D eigenvalue weighted by atomic mass is 10.1. The van der Waals surface area contributed by atoms with Crippen molar-refractivity contribution in [2.45, 2.75) is 32.2 Å². The van der Waals surface area contributed by atoms with Crippen LogP contribution in [-0.4, -0.2) is 67.4 Å². The van der Waals surface area contributed by atoms with Crippen molar-refractivity contribution in [2.24, 2.45) is 0 Å².